The van der Waals surface area contributed by atoms with Crippen molar-refractivity contribution in [2.45, 2.75) is 45.4 Å². The van der Waals surface area contributed by atoms with Gasteiger partial charge in [-0.05, 0) is 97.1 Å². The van der Waals surface area contributed by atoms with Gasteiger partial charge in [-0.15, -0.1) is 0 Å². The molecule has 1 aromatic rings. The fraction of sp³-hybridized carbons (Fsp3) is 0.667. The largest absolute Gasteiger partial charge is 0.492 e. The highest BCUT2D eigenvalue weighted by molar-refractivity contribution is 9.10. The van der Waals surface area contributed by atoms with Gasteiger partial charge in [0.25, 0.3) is 0 Å². The van der Waals surface area contributed by atoms with Crippen molar-refractivity contribution < 1.29 is 4.74 Å². The Labute approximate surface area is 136 Å². The molecule has 1 unspecified atom stereocenters. The number of piperidine rings is 1. The Morgan fingerprint density at radius 2 is 2.00 bits per heavy atom. The van der Waals surface area contributed by atoms with E-state index in [0.29, 0.717) is 0 Å². The summed E-state index contributed by atoms with van der Waals surface area (Å²) in [7, 11) is 0. The molecule has 1 aliphatic carbocycles. The summed E-state index contributed by atoms with van der Waals surface area (Å²) in [6.45, 7) is 5.38. The van der Waals surface area contributed by atoms with Crippen LogP contribution < -0.4 is 10.1 Å². The van der Waals surface area contributed by atoms with Crippen LogP contribution in [0.15, 0.2) is 16.6 Å². The van der Waals surface area contributed by atoms with Crippen LogP contribution in [0, 0.1) is 18.8 Å². The summed E-state index contributed by atoms with van der Waals surface area (Å²) < 4.78 is 7.33. The monoisotopic (exact) mass is 351 g/mol. The molecule has 21 heavy (non-hydrogen) atoms. The quantitative estimate of drug-likeness (QED) is 0.844. The second-order valence-corrected chi connectivity index (χ2v) is 7.61. The van der Waals surface area contributed by atoms with Crippen molar-refractivity contribution in [2.24, 2.45) is 11.8 Å². The molecule has 1 saturated carbocycles. The van der Waals surface area contributed by atoms with E-state index in [2.05, 4.69) is 40.3 Å². The zero-order valence-electron chi connectivity index (χ0n) is 13.0. The van der Waals surface area contributed by atoms with E-state index in [1.165, 1.54) is 49.8 Å². The van der Waals surface area contributed by atoms with Crippen LogP contribution in [0.25, 0.3) is 0 Å². The smallest absolute Gasteiger partial charge is 0.136 e. The summed E-state index contributed by atoms with van der Waals surface area (Å²) in [5.74, 6) is 2.62. The minimum atomic E-state index is 0.749. The van der Waals surface area contributed by atoms with Crippen molar-refractivity contribution >= 4 is 15.9 Å². The highest BCUT2D eigenvalue weighted by atomic mass is 79.9. The zero-order valence-corrected chi connectivity index (χ0v) is 14.5. The molecular formula is C18H26BrNO. The molecule has 2 fully saturated rings. The van der Waals surface area contributed by atoms with E-state index < -0.39 is 0 Å². The molecule has 1 aromatic carbocycles. The fourth-order valence-corrected chi connectivity index (χ4v) is 4.11. The topological polar surface area (TPSA) is 21.3 Å². The normalized spacial score (nSPS) is 22.9. The van der Waals surface area contributed by atoms with Crippen molar-refractivity contribution in [3.63, 3.8) is 0 Å². The van der Waals surface area contributed by atoms with Gasteiger partial charge in [0.1, 0.15) is 5.75 Å². The van der Waals surface area contributed by atoms with Crippen LogP contribution >= 0.6 is 15.9 Å². The first-order chi connectivity index (χ1) is 10.2. The molecule has 0 aromatic heterocycles. The Morgan fingerprint density at radius 1 is 1.19 bits per heavy atom. The highest BCUT2D eigenvalue weighted by Crippen LogP contribution is 2.35. The maximum Gasteiger partial charge on any atom is 0.136 e. The molecule has 3 heteroatoms. The molecule has 2 nitrogen and oxygen atoms in total. The second-order valence-electron chi connectivity index (χ2n) is 6.76. The van der Waals surface area contributed by atoms with Gasteiger partial charge in [-0.3, -0.25) is 0 Å². The fourth-order valence-electron chi connectivity index (χ4n) is 3.38. The van der Waals surface area contributed by atoms with Crippen LogP contribution in [-0.2, 0) is 6.42 Å². The average molecular weight is 352 g/mol. The molecule has 0 amide bonds. The third kappa shape index (κ3) is 4.01. The molecule has 0 spiro atoms. The van der Waals surface area contributed by atoms with Gasteiger partial charge < -0.3 is 10.1 Å². The van der Waals surface area contributed by atoms with Gasteiger partial charge >= 0.3 is 0 Å². The average Bonchev–Trinajstić information content (AvgIpc) is 2.41. The molecule has 116 valence electrons. The third-order valence-electron chi connectivity index (χ3n) is 4.86. The van der Waals surface area contributed by atoms with Gasteiger partial charge in [0.15, 0.2) is 0 Å². The van der Waals surface area contributed by atoms with Crippen molar-refractivity contribution in [2.75, 3.05) is 19.7 Å². The number of halogens is 1. The summed E-state index contributed by atoms with van der Waals surface area (Å²) in [5, 5.41) is 3.52. The number of nitrogens with one attached hydrogen (secondary N) is 1. The van der Waals surface area contributed by atoms with Crippen molar-refractivity contribution in [3.8, 4) is 5.75 Å². The molecule has 1 aliphatic heterocycles. The maximum absolute atomic E-state index is 6.20. The van der Waals surface area contributed by atoms with Crippen molar-refractivity contribution in [1.29, 1.82) is 0 Å². The van der Waals surface area contributed by atoms with Gasteiger partial charge in [-0.1, -0.05) is 12.5 Å². The molecule has 1 N–H and O–H groups in total. The first kappa shape index (κ1) is 15.4. The number of ether oxygens (including phenoxy) is 1. The van der Waals surface area contributed by atoms with Crippen LogP contribution in [0.4, 0.5) is 0 Å². The van der Waals surface area contributed by atoms with Crippen LogP contribution in [0.3, 0.4) is 0 Å². The Hall–Kier alpha value is -0.540. The van der Waals surface area contributed by atoms with E-state index >= 15 is 0 Å². The maximum atomic E-state index is 6.20. The van der Waals surface area contributed by atoms with Crippen LogP contribution in [-0.4, -0.2) is 19.7 Å². The summed E-state index contributed by atoms with van der Waals surface area (Å²) in [4.78, 5) is 0. The SMILES string of the molecule is Cc1cc(Br)c(OCC2CCC2)c(CC2CCCNC2)c1. The van der Waals surface area contributed by atoms with E-state index in [4.69, 9.17) is 4.74 Å². The van der Waals surface area contributed by atoms with Crippen LogP contribution in [0.1, 0.15) is 43.2 Å². The van der Waals surface area contributed by atoms with E-state index in [9.17, 15) is 0 Å². The lowest BCUT2D eigenvalue weighted by atomic mass is 9.86. The Kier molecular flexibility index (Phi) is 5.23. The molecule has 3 rings (SSSR count). The van der Waals surface area contributed by atoms with Gasteiger partial charge in [0, 0.05) is 0 Å². The molecule has 0 radical (unpaired) electrons. The zero-order chi connectivity index (χ0) is 14.7. The second kappa shape index (κ2) is 7.15. The van der Waals surface area contributed by atoms with E-state index in [1.54, 1.807) is 0 Å². The van der Waals surface area contributed by atoms with Gasteiger partial charge in [0.05, 0.1) is 11.1 Å². The Bertz CT molecular complexity index is 478. The molecule has 0 bridgehead atoms. The molecule has 2 aliphatic rings. The van der Waals surface area contributed by atoms with Crippen LogP contribution in [0.2, 0.25) is 0 Å². The van der Waals surface area contributed by atoms with Crippen molar-refractivity contribution in [1.82, 2.24) is 5.32 Å². The number of benzene rings is 1. The lowest BCUT2D eigenvalue weighted by Gasteiger charge is -2.27. The van der Waals surface area contributed by atoms with Gasteiger partial charge in [0.2, 0.25) is 0 Å². The van der Waals surface area contributed by atoms with Crippen molar-refractivity contribution in [3.05, 3.63) is 27.7 Å². The lowest BCUT2D eigenvalue weighted by Crippen LogP contribution is -2.31. The molecule has 1 saturated heterocycles. The number of hydrogen-bond acceptors (Lipinski definition) is 2. The predicted octanol–water partition coefficient (Wildman–Crippen LogP) is 4.48. The summed E-state index contributed by atoms with van der Waals surface area (Å²) in [5.41, 5.74) is 2.70. The standard InChI is InChI=1S/C18H26BrNO/c1-13-8-16(10-15-6-3-7-20-11-15)18(17(19)9-13)21-12-14-4-2-5-14/h8-9,14-15,20H,2-7,10-12H2,1H3. The summed E-state index contributed by atoms with van der Waals surface area (Å²) in [6.07, 6.45) is 7.82. The molecular weight excluding hydrogens is 326 g/mol. The lowest BCUT2D eigenvalue weighted by molar-refractivity contribution is 0.178. The first-order valence-corrected chi connectivity index (χ1v) is 9.14. The van der Waals surface area contributed by atoms with E-state index in [0.717, 1.165) is 41.6 Å². The molecule has 1 atom stereocenters. The third-order valence-corrected chi connectivity index (χ3v) is 5.45. The minimum absolute atomic E-state index is 0.749. The van der Waals surface area contributed by atoms with E-state index in [1.807, 2.05) is 0 Å². The van der Waals surface area contributed by atoms with Gasteiger partial charge in [-0.2, -0.15) is 0 Å². The summed E-state index contributed by atoms with van der Waals surface area (Å²) in [6, 6.07) is 4.49. The first-order valence-electron chi connectivity index (χ1n) is 8.35. The number of aryl methyl sites for hydroxylation is 1. The molecule has 1 heterocycles. The number of rotatable bonds is 5. The predicted molar refractivity (Wildman–Crippen MR) is 91.0 cm³/mol. The van der Waals surface area contributed by atoms with Gasteiger partial charge in [-0.25, -0.2) is 0 Å². The summed E-state index contributed by atoms with van der Waals surface area (Å²) >= 11 is 3.71. The minimum Gasteiger partial charge on any atom is -0.492 e. The Morgan fingerprint density at radius 3 is 2.67 bits per heavy atom. The highest BCUT2D eigenvalue weighted by Gasteiger charge is 2.21. The Balaban J connectivity index is 1.72. The van der Waals surface area contributed by atoms with Crippen LogP contribution in [0.5, 0.6) is 5.75 Å². The number of hydrogen-bond donors (Lipinski definition) is 1. The van der Waals surface area contributed by atoms with E-state index in [-0.39, 0.29) is 0 Å².